The Hall–Kier alpha value is -2.63. The molecule has 1 saturated heterocycles. The van der Waals surface area contributed by atoms with Gasteiger partial charge in [-0.05, 0) is 43.5 Å². The van der Waals surface area contributed by atoms with E-state index in [9.17, 15) is 9.59 Å². The Morgan fingerprint density at radius 2 is 1.93 bits per heavy atom. The SMILES string of the molecule is Cc1ccc([C@@H]2c3c(oc4ccc(Cl)cc4c3=O)C(=O)N2C[C@@H]2CCCO2)cc1. The van der Waals surface area contributed by atoms with E-state index in [0.717, 1.165) is 24.0 Å². The lowest BCUT2D eigenvalue weighted by Gasteiger charge is -2.27. The van der Waals surface area contributed by atoms with Crippen molar-refractivity contribution in [3.63, 3.8) is 0 Å². The second-order valence-corrected chi connectivity index (χ2v) is 8.16. The number of benzene rings is 2. The first-order valence-corrected chi connectivity index (χ1v) is 10.2. The van der Waals surface area contributed by atoms with Crippen LogP contribution in [-0.2, 0) is 4.74 Å². The highest BCUT2D eigenvalue weighted by Crippen LogP contribution is 2.39. The van der Waals surface area contributed by atoms with Crippen LogP contribution in [0.1, 0.15) is 46.1 Å². The van der Waals surface area contributed by atoms with Crippen LogP contribution in [0.4, 0.5) is 0 Å². The number of hydrogen-bond donors (Lipinski definition) is 0. The van der Waals surface area contributed by atoms with E-state index >= 15 is 0 Å². The number of ether oxygens (including phenoxy) is 1. The molecule has 5 rings (SSSR count). The maximum atomic E-state index is 13.4. The minimum atomic E-state index is -0.498. The molecule has 2 aromatic carbocycles. The van der Waals surface area contributed by atoms with Crippen molar-refractivity contribution in [3.8, 4) is 0 Å². The fraction of sp³-hybridized carbons (Fsp3) is 0.304. The Bertz CT molecular complexity index is 1160. The van der Waals surface area contributed by atoms with Crippen LogP contribution in [0.25, 0.3) is 11.0 Å². The Kier molecular flexibility index (Phi) is 4.45. The Labute approximate surface area is 172 Å². The summed E-state index contributed by atoms with van der Waals surface area (Å²) in [7, 11) is 0. The van der Waals surface area contributed by atoms with Crippen molar-refractivity contribution in [2.24, 2.45) is 0 Å². The van der Waals surface area contributed by atoms with Crippen molar-refractivity contribution in [3.05, 3.63) is 80.2 Å². The van der Waals surface area contributed by atoms with E-state index in [-0.39, 0.29) is 23.2 Å². The van der Waals surface area contributed by atoms with Gasteiger partial charge in [0.25, 0.3) is 5.91 Å². The third kappa shape index (κ3) is 3.05. The van der Waals surface area contributed by atoms with Gasteiger partial charge in [-0.1, -0.05) is 41.4 Å². The van der Waals surface area contributed by atoms with Crippen LogP contribution < -0.4 is 5.43 Å². The topological polar surface area (TPSA) is 59.8 Å². The van der Waals surface area contributed by atoms with Crippen LogP contribution in [0.2, 0.25) is 5.02 Å². The number of aryl methyl sites for hydroxylation is 1. The summed E-state index contributed by atoms with van der Waals surface area (Å²) in [5.74, 6) is -0.150. The van der Waals surface area contributed by atoms with Gasteiger partial charge in [0.1, 0.15) is 5.58 Å². The zero-order chi connectivity index (χ0) is 20.1. The van der Waals surface area contributed by atoms with Crippen molar-refractivity contribution >= 4 is 28.5 Å². The number of carbonyl (C=O) groups is 1. The molecule has 6 heteroatoms. The van der Waals surface area contributed by atoms with Crippen LogP contribution in [0.5, 0.6) is 0 Å². The molecule has 0 aliphatic carbocycles. The molecule has 0 saturated carbocycles. The fourth-order valence-electron chi connectivity index (χ4n) is 4.28. The third-order valence-corrected chi connectivity index (χ3v) is 5.98. The van der Waals surface area contributed by atoms with Gasteiger partial charge in [-0.15, -0.1) is 0 Å². The molecule has 3 aromatic rings. The Balaban J connectivity index is 1.71. The van der Waals surface area contributed by atoms with E-state index in [1.54, 1.807) is 23.1 Å². The summed E-state index contributed by atoms with van der Waals surface area (Å²) in [5, 5.41) is 0.845. The monoisotopic (exact) mass is 409 g/mol. The van der Waals surface area contributed by atoms with E-state index in [1.807, 2.05) is 31.2 Å². The number of rotatable bonds is 3. The van der Waals surface area contributed by atoms with Crippen molar-refractivity contribution in [2.75, 3.05) is 13.2 Å². The minimum absolute atomic E-state index is 0.0276. The largest absolute Gasteiger partial charge is 0.450 e. The summed E-state index contributed by atoms with van der Waals surface area (Å²) < 4.78 is 11.7. The van der Waals surface area contributed by atoms with Gasteiger partial charge in [-0.25, -0.2) is 0 Å². The molecular weight excluding hydrogens is 390 g/mol. The van der Waals surface area contributed by atoms with Crippen molar-refractivity contribution in [1.82, 2.24) is 4.90 Å². The molecule has 0 radical (unpaired) electrons. The van der Waals surface area contributed by atoms with Gasteiger partial charge in [0.15, 0.2) is 5.43 Å². The first-order chi connectivity index (χ1) is 14.0. The number of fused-ring (bicyclic) bond motifs is 2. The smallest absolute Gasteiger partial charge is 0.291 e. The predicted molar refractivity (Wildman–Crippen MR) is 111 cm³/mol. The van der Waals surface area contributed by atoms with E-state index in [4.69, 9.17) is 20.8 Å². The fourth-order valence-corrected chi connectivity index (χ4v) is 4.46. The van der Waals surface area contributed by atoms with E-state index in [2.05, 4.69) is 0 Å². The van der Waals surface area contributed by atoms with Gasteiger partial charge in [-0.2, -0.15) is 0 Å². The van der Waals surface area contributed by atoms with Gasteiger partial charge in [0.05, 0.1) is 23.1 Å². The van der Waals surface area contributed by atoms with Crippen LogP contribution >= 0.6 is 11.6 Å². The highest BCUT2D eigenvalue weighted by Gasteiger charge is 2.43. The van der Waals surface area contributed by atoms with Gasteiger partial charge in [0.2, 0.25) is 5.76 Å². The molecule has 0 unspecified atom stereocenters. The summed E-state index contributed by atoms with van der Waals surface area (Å²) >= 11 is 6.11. The molecular formula is C23H20ClNO4. The first-order valence-electron chi connectivity index (χ1n) is 9.78. The average molecular weight is 410 g/mol. The van der Waals surface area contributed by atoms with Gasteiger partial charge >= 0.3 is 0 Å². The number of halogens is 1. The molecule has 2 atom stereocenters. The molecule has 1 fully saturated rings. The summed E-state index contributed by atoms with van der Waals surface area (Å²) in [5.41, 5.74) is 2.54. The summed E-state index contributed by atoms with van der Waals surface area (Å²) in [6, 6.07) is 12.3. The number of amides is 1. The lowest BCUT2D eigenvalue weighted by Crippen LogP contribution is -2.36. The molecule has 0 spiro atoms. The van der Waals surface area contributed by atoms with Crippen molar-refractivity contribution in [1.29, 1.82) is 0 Å². The average Bonchev–Trinajstić information content (AvgIpc) is 3.32. The zero-order valence-electron chi connectivity index (χ0n) is 16.0. The summed E-state index contributed by atoms with van der Waals surface area (Å²) in [4.78, 5) is 28.5. The second kappa shape index (κ2) is 7.01. The Morgan fingerprint density at radius 1 is 1.14 bits per heavy atom. The highest BCUT2D eigenvalue weighted by molar-refractivity contribution is 6.31. The molecule has 3 heterocycles. The highest BCUT2D eigenvalue weighted by atomic mass is 35.5. The molecule has 0 N–H and O–H groups in total. The quantitative estimate of drug-likeness (QED) is 0.640. The lowest BCUT2D eigenvalue weighted by molar-refractivity contribution is 0.0486. The zero-order valence-corrected chi connectivity index (χ0v) is 16.7. The molecule has 1 amide bonds. The van der Waals surface area contributed by atoms with E-state index in [1.165, 1.54) is 0 Å². The minimum Gasteiger partial charge on any atom is -0.450 e. The standard InChI is InChI=1S/C23H20ClNO4/c1-13-4-6-14(7-5-13)20-19-21(26)17-11-15(24)8-9-18(17)29-22(19)23(27)25(20)12-16-3-2-10-28-16/h4-9,11,16,20H,2-3,10,12H2,1H3/t16-,20+/m0/s1. The first kappa shape index (κ1) is 18.4. The van der Waals surface area contributed by atoms with Crippen molar-refractivity contribution in [2.45, 2.75) is 31.9 Å². The predicted octanol–water partition coefficient (Wildman–Crippen LogP) is 4.48. The van der Waals surface area contributed by atoms with Crippen molar-refractivity contribution < 1.29 is 13.9 Å². The van der Waals surface area contributed by atoms with E-state index in [0.29, 0.717) is 34.7 Å². The van der Waals surface area contributed by atoms with Gasteiger partial charge < -0.3 is 14.1 Å². The third-order valence-electron chi connectivity index (χ3n) is 5.75. The molecule has 2 aliphatic rings. The second-order valence-electron chi connectivity index (χ2n) is 7.72. The van der Waals surface area contributed by atoms with Gasteiger partial charge in [0, 0.05) is 18.2 Å². The normalized spacial score (nSPS) is 21.2. The molecule has 29 heavy (non-hydrogen) atoms. The molecule has 2 aliphatic heterocycles. The van der Waals surface area contributed by atoms with E-state index < -0.39 is 6.04 Å². The summed E-state index contributed by atoms with van der Waals surface area (Å²) in [6.07, 6.45) is 1.86. The number of hydrogen-bond acceptors (Lipinski definition) is 4. The Morgan fingerprint density at radius 3 is 2.66 bits per heavy atom. The maximum Gasteiger partial charge on any atom is 0.291 e. The number of carbonyl (C=O) groups excluding carboxylic acids is 1. The molecule has 5 nitrogen and oxygen atoms in total. The van der Waals surface area contributed by atoms with Crippen LogP contribution in [0.3, 0.4) is 0 Å². The lowest BCUT2D eigenvalue weighted by atomic mass is 9.97. The van der Waals surface area contributed by atoms with Crippen LogP contribution in [0, 0.1) is 6.92 Å². The molecule has 148 valence electrons. The van der Waals surface area contributed by atoms with Gasteiger partial charge in [-0.3, -0.25) is 9.59 Å². The van der Waals surface area contributed by atoms with Crippen LogP contribution in [0.15, 0.2) is 51.7 Å². The van der Waals surface area contributed by atoms with Crippen LogP contribution in [-0.4, -0.2) is 30.1 Å². The summed E-state index contributed by atoms with van der Waals surface area (Å²) in [6.45, 7) is 3.14. The number of nitrogens with zero attached hydrogens (tertiary/aromatic N) is 1. The molecule has 1 aromatic heterocycles. The maximum absolute atomic E-state index is 13.4. The molecule has 0 bridgehead atoms.